The van der Waals surface area contributed by atoms with Gasteiger partial charge < -0.3 is 9.88 Å². The molecule has 2 heterocycles. The molecule has 0 radical (unpaired) electrons. The first-order valence-corrected chi connectivity index (χ1v) is 8.59. The highest BCUT2D eigenvalue weighted by atomic mass is 32.1. The number of carbonyl (C=O) groups excluding carboxylic acids is 1. The van der Waals surface area contributed by atoms with E-state index >= 15 is 0 Å². The molecule has 2 aromatic heterocycles. The van der Waals surface area contributed by atoms with E-state index in [1.54, 1.807) is 11.3 Å². The SMILES string of the molecule is Cc1ccccc1[C@@H](CC(=O)NCc1cccs1)n1cccc1. The zero-order valence-electron chi connectivity index (χ0n) is 13.1. The molecule has 0 aliphatic carbocycles. The first kappa shape index (κ1) is 15.6. The Morgan fingerprint density at radius 2 is 1.91 bits per heavy atom. The Bertz CT molecular complexity index is 748. The summed E-state index contributed by atoms with van der Waals surface area (Å²) in [7, 11) is 0. The summed E-state index contributed by atoms with van der Waals surface area (Å²) in [5.74, 6) is 0.0698. The van der Waals surface area contributed by atoms with Crippen LogP contribution in [-0.2, 0) is 11.3 Å². The summed E-state index contributed by atoms with van der Waals surface area (Å²) in [6.45, 7) is 2.69. The summed E-state index contributed by atoms with van der Waals surface area (Å²) in [4.78, 5) is 13.6. The minimum Gasteiger partial charge on any atom is -0.351 e. The van der Waals surface area contributed by atoms with Crippen LogP contribution in [0.15, 0.2) is 66.3 Å². The predicted molar refractivity (Wildman–Crippen MR) is 94.5 cm³/mol. The molecular formula is C19H20N2OS. The van der Waals surface area contributed by atoms with Crippen LogP contribution in [0.3, 0.4) is 0 Å². The minimum atomic E-state index is 0.0227. The molecule has 4 heteroatoms. The van der Waals surface area contributed by atoms with Gasteiger partial charge in [0.05, 0.1) is 19.0 Å². The van der Waals surface area contributed by atoms with Gasteiger partial charge in [-0.25, -0.2) is 0 Å². The maximum absolute atomic E-state index is 12.4. The van der Waals surface area contributed by atoms with Crippen LogP contribution in [0.4, 0.5) is 0 Å². The number of nitrogens with zero attached hydrogens (tertiary/aromatic N) is 1. The molecule has 0 fully saturated rings. The number of hydrogen-bond acceptors (Lipinski definition) is 2. The number of carbonyl (C=O) groups is 1. The summed E-state index contributed by atoms with van der Waals surface area (Å²) in [6, 6.07) is 16.3. The highest BCUT2D eigenvalue weighted by Crippen LogP contribution is 2.25. The number of aromatic nitrogens is 1. The fourth-order valence-electron chi connectivity index (χ4n) is 2.74. The second-order valence-corrected chi connectivity index (χ2v) is 6.60. The molecular weight excluding hydrogens is 304 g/mol. The van der Waals surface area contributed by atoms with Crippen LogP contribution in [0.2, 0.25) is 0 Å². The third-order valence-electron chi connectivity index (χ3n) is 3.95. The molecule has 0 aliphatic rings. The maximum Gasteiger partial charge on any atom is 0.222 e. The third kappa shape index (κ3) is 3.90. The number of rotatable bonds is 6. The zero-order valence-corrected chi connectivity index (χ0v) is 13.9. The first-order valence-electron chi connectivity index (χ1n) is 7.71. The van der Waals surface area contributed by atoms with Crippen LogP contribution in [0.25, 0.3) is 0 Å². The van der Waals surface area contributed by atoms with Gasteiger partial charge in [-0.3, -0.25) is 4.79 Å². The lowest BCUT2D eigenvalue weighted by atomic mass is 9.98. The van der Waals surface area contributed by atoms with Gasteiger partial charge in [-0.05, 0) is 41.6 Å². The van der Waals surface area contributed by atoms with Gasteiger partial charge >= 0.3 is 0 Å². The number of thiophene rings is 1. The number of benzene rings is 1. The Kier molecular flexibility index (Phi) is 4.93. The van der Waals surface area contributed by atoms with Crippen LogP contribution in [0, 0.1) is 6.92 Å². The predicted octanol–water partition coefficient (Wildman–Crippen LogP) is 4.15. The van der Waals surface area contributed by atoms with E-state index in [0.29, 0.717) is 13.0 Å². The fourth-order valence-corrected chi connectivity index (χ4v) is 3.38. The lowest BCUT2D eigenvalue weighted by molar-refractivity contribution is -0.121. The molecule has 3 rings (SSSR count). The smallest absolute Gasteiger partial charge is 0.222 e. The average Bonchev–Trinajstić information content (AvgIpc) is 3.25. The van der Waals surface area contributed by atoms with Crippen LogP contribution in [-0.4, -0.2) is 10.5 Å². The van der Waals surface area contributed by atoms with Crippen molar-refractivity contribution in [2.45, 2.75) is 25.9 Å². The van der Waals surface area contributed by atoms with Crippen LogP contribution in [0.1, 0.15) is 28.5 Å². The Morgan fingerprint density at radius 1 is 1.13 bits per heavy atom. The number of amides is 1. The normalized spacial score (nSPS) is 12.0. The lowest BCUT2D eigenvalue weighted by Crippen LogP contribution is -2.26. The molecule has 118 valence electrons. The fraction of sp³-hybridized carbons (Fsp3) is 0.211. The summed E-state index contributed by atoms with van der Waals surface area (Å²) < 4.78 is 2.10. The van der Waals surface area contributed by atoms with E-state index in [0.717, 1.165) is 0 Å². The van der Waals surface area contributed by atoms with Crippen molar-refractivity contribution in [1.82, 2.24) is 9.88 Å². The molecule has 0 saturated heterocycles. The Labute approximate surface area is 140 Å². The van der Waals surface area contributed by atoms with Gasteiger partial charge in [-0.15, -0.1) is 11.3 Å². The quantitative estimate of drug-likeness (QED) is 0.726. The highest BCUT2D eigenvalue weighted by molar-refractivity contribution is 7.09. The molecule has 1 amide bonds. The zero-order chi connectivity index (χ0) is 16.1. The van der Waals surface area contributed by atoms with Crippen molar-refractivity contribution in [3.05, 3.63) is 82.3 Å². The standard InChI is InChI=1S/C19H20N2OS/c1-15-7-2-3-9-17(15)18(21-10-4-5-11-21)13-19(22)20-14-16-8-6-12-23-16/h2-12,18H,13-14H2,1H3,(H,20,22)/t18-/m1/s1. The van der Waals surface area contributed by atoms with Crippen molar-refractivity contribution in [1.29, 1.82) is 0 Å². The van der Waals surface area contributed by atoms with Gasteiger partial charge in [0.25, 0.3) is 0 Å². The molecule has 1 atom stereocenters. The van der Waals surface area contributed by atoms with Crippen molar-refractivity contribution in [3.8, 4) is 0 Å². The molecule has 1 N–H and O–H groups in total. The lowest BCUT2D eigenvalue weighted by Gasteiger charge is -2.21. The Hall–Kier alpha value is -2.33. The van der Waals surface area contributed by atoms with E-state index in [4.69, 9.17) is 0 Å². The van der Waals surface area contributed by atoms with E-state index in [1.807, 2.05) is 54.2 Å². The molecule has 0 unspecified atom stereocenters. The third-order valence-corrected chi connectivity index (χ3v) is 4.83. The van der Waals surface area contributed by atoms with E-state index < -0.39 is 0 Å². The van der Waals surface area contributed by atoms with Crippen molar-refractivity contribution >= 4 is 17.2 Å². The van der Waals surface area contributed by atoms with Crippen molar-refractivity contribution in [3.63, 3.8) is 0 Å². The second-order valence-electron chi connectivity index (χ2n) is 5.56. The van der Waals surface area contributed by atoms with Gasteiger partial charge in [0.1, 0.15) is 0 Å². The molecule has 0 aliphatic heterocycles. The molecule has 23 heavy (non-hydrogen) atoms. The largest absolute Gasteiger partial charge is 0.351 e. The molecule has 3 nitrogen and oxygen atoms in total. The molecule has 0 spiro atoms. The Balaban J connectivity index is 1.74. The number of aryl methyl sites for hydroxylation is 1. The molecule has 1 aromatic carbocycles. The van der Waals surface area contributed by atoms with E-state index in [-0.39, 0.29) is 11.9 Å². The first-order chi connectivity index (χ1) is 11.2. The van der Waals surface area contributed by atoms with E-state index in [9.17, 15) is 4.79 Å². The van der Waals surface area contributed by atoms with Crippen molar-refractivity contribution < 1.29 is 4.79 Å². The summed E-state index contributed by atoms with van der Waals surface area (Å²) in [5, 5.41) is 5.05. The van der Waals surface area contributed by atoms with Gasteiger partial charge in [-0.2, -0.15) is 0 Å². The summed E-state index contributed by atoms with van der Waals surface area (Å²) >= 11 is 1.66. The van der Waals surface area contributed by atoms with E-state index in [1.165, 1.54) is 16.0 Å². The van der Waals surface area contributed by atoms with Gasteiger partial charge in [0, 0.05) is 17.3 Å². The molecule has 0 saturated carbocycles. The minimum absolute atomic E-state index is 0.0227. The van der Waals surface area contributed by atoms with Gasteiger partial charge in [-0.1, -0.05) is 30.3 Å². The second kappa shape index (κ2) is 7.29. The molecule has 0 bridgehead atoms. The van der Waals surface area contributed by atoms with Crippen LogP contribution < -0.4 is 5.32 Å². The number of hydrogen-bond donors (Lipinski definition) is 1. The van der Waals surface area contributed by atoms with Gasteiger partial charge in [0.15, 0.2) is 0 Å². The maximum atomic E-state index is 12.4. The van der Waals surface area contributed by atoms with Crippen molar-refractivity contribution in [2.75, 3.05) is 0 Å². The highest BCUT2D eigenvalue weighted by Gasteiger charge is 2.18. The number of nitrogens with one attached hydrogen (secondary N) is 1. The average molecular weight is 324 g/mol. The van der Waals surface area contributed by atoms with Gasteiger partial charge in [0.2, 0.25) is 5.91 Å². The summed E-state index contributed by atoms with van der Waals surface area (Å²) in [5.41, 5.74) is 2.40. The van der Waals surface area contributed by atoms with Crippen LogP contribution >= 0.6 is 11.3 Å². The van der Waals surface area contributed by atoms with E-state index in [2.05, 4.69) is 28.9 Å². The molecule has 3 aromatic rings. The topological polar surface area (TPSA) is 34.0 Å². The monoisotopic (exact) mass is 324 g/mol. The summed E-state index contributed by atoms with van der Waals surface area (Å²) in [6.07, 6.45) is 4.47. The van der Waals surface area contributed by atoms with Crippen LogP contribution in [0.5, 0.6) is 0 Å². The van der Waals surface area contributed by atoms with Crippen molar-refractivity contribution in [2.24, 2.45) is 0 Å². The Morgan fingerprint density at radius 3 is 2.61 bits per heavy atom.